The number of aromatic nitrogens is 2. The minimum atomic E-state index is 0.526. The first-order valence-electron chi connectivity index (χ1n) is 16.2. The minimum Gasteiger partial charge on any atom is -0.310 e. The van der Waals surface area contributed by atoms with E-state index >= 15 is 0 Å². The van der Waals surface area contributed by atoms with E-state index in [9.17, 15) is 5.26 Å². The number of nitrogens with zero attached hydrogens (tertiary/aromatic N) is 5. The molecule has 0 bridgehead atoms. The Morgan fingerprint density at radius 1 is 0.440 bits per heavy atom. The van der Waals surface area contributed by atoms with Crippen molar-refractivity contribution in [1.29, 1.82) is 5.26 Å². The van der Waals surface area contributed by atoms with Crippen LogP contribution in [0.15, 0.2) is 152 Å². The highest BCUT2D eigenvalue weighted by Crippen LogP contribution is 2.43. The number of hydrogen-bond acceptors (Lipinski definition) is 1. The van der Waals surface area contributed by atoms with E-state index in [4.69, 9.17) is 13.1 Å². The van der Waals surface area contributed by atoms with E-state index in [1.165, 1.54) is 10.8 Å². The SMILES string of the molecule is [C-]#[N+]c1ccc(-c2ccccc2-c2ccc(-n3c4ccccc4c4ccccc43)cc2C#N)c(-n2c3ccccc3c3cc([N+]#[C-])ccc32)c1. The summed E-state index contributed by atoms with van der Waals surface area (Å²) in [5.74, 6) is 0. The summed E-state index contributed by atoms with van der Waals surface area (Å²) in [6, 6.07) is 53.3. The fraction of sp³-hybridized carbons (Fsp3) is 0. The monoisotopic (exact) mass is 635 g/mol. The lowest BCUT2D eigenvalue weighted by atomic mass is 9.90. The van der Waals surface area contributed by atoms with Crippen molar-refractivity contribution in [1.82, 2.24) is 9.13 Å². The van der Waals surface area contributed by atoms with Crippen molar-refractivity contribution in [3.8, 4) is 39.7 Å². The molecule has 0 amide bonds. The van der Waals surface area contributed by atoms with Crippen LogP contribution in [0.25, 0.3) is 86.9 Å². The second-order valence-electron chi connectivity index (χ2n) is 12.2. The third-order valence-corrected chi connectivity index (χ3v) is 9.61. The van der Waals surface area contributed by atoms with Crippen LogP contribution < -0.4 is 0 Å². The fourth-order valence-corrected chi connectivity index (χ4v) is 7.44. The average molecular weight is 636 g/mol. The van der Waals surface area contributed by atoms with E-state index in [-0.39, 0.29) is 0 Å². The third kappa shape index (κ3) is 4.31. The minimum absolute atomic E-state index is 0.526. The molecule has 0 radical (unpaired) electrons. The van der Waals surface area contributed by atoms with Crippen molar-refractivity contribution >= 4 is 55.0 Å². The highest BCUT2D eigenvalue weighted by Gasteiger charge is 2.20. The van der Waals surface area contributed by atoms with Crippen molar-refractivity contribution in [3.63, 3.8) is 0 Å². The van der Waals surface area contributed by atoms with Gasteiger partial charge < -0.3 is 9.13 Å². The molecule has 0 aliphatic carbocycles. The predicted octanol–water partition coefficient (Wildman–Crippen LogP) is 12.2. The molecular formula is C45H25N5. The summed E-state index contributed by atoms with van der Waals surface area (Å²) in [5.41, 5.74) is 11.2. The van der Waals surface area contributed by atoms with Gasteiger partial charge in [0, 0.05) is 38.7 Å². The van der Waals surface area contributed by atoms with E-state index < -0.39 is 0 Å². The van der Waals surface area contributed by atoms with E-state index in [1.807, 2.05) is 78.9 Å². The summed E-state index contributed by atoms with van der Waals surface area (Å²) >= 11 is 0. The number of fused-ring (bicyclic) bond motifs is 6. The van der Waals surface area contributed by atoms with Crippen LogP contribution in [-0.4, -0.2) is 9.13 Å². The van der Waals surface area contributed by atoms with Gasteiger partial charge in [0.2, 0.25) is 0 Å². The van der Waals surface area contributed by atoms with Gasteiger partial charge in [-0.3, -0.25) is 0 Å². The molecule has 5 nitrogen and oxygen atoms in total. The first-order chi connectivity index (χ1) is 24.7. The van der Waals surface area contributed by atoms with Gasteiger partial charge in [-0.05, 0) is 65.0 Å². The van der Waals surface area contributed by atoms with E-state index in [1.54, 1.807) is 0 Å². The molecule has 5 heteroatoms. The highest BCUT2D eigenvalue weighted by molar-refractivity contribution is 6.11. The maximum atomic E-state index is 10.6. The topological polar surface area (TPSA) is 42.4 Å². The summed E-state index contributed by atoms with van der Waals surface area (Å²) in [6.45, 7) is 15.5. The first-order valence-corrected chi connectivity index (χ1v) is 16.2. The molecule has 0 aliphatic heterocycles. The van der Waals surface area contributed by atoms with Crippen LogP contribution in [0.2, 0.25) is 0 Å². The lowest BCUT2D eigenvalue weighted by Crippen LogP contribution is -1.99. The molecule has 0 fully saturated rings. The summed E-state index contributed by atoms with van der Waals surface area (Å²) in [4.78, 5) is 7.49. The summed E-state index contributed by atoms with van der Waals surface area (Å²) < 4.78 is 4.42. The van der Waals surface area contributed by atoms with Crippen molar-refractivity contribution in [2.24, 2.45) is 0 Å². The molecule has 0 N–H and O–H groups in total. The maximum absolute atomic E-state index is 10.6. The van der Waals surface area contributed by atoms with Gasteiger partial charge in [-0.2, -0.15) is 5.26 Å². The van der Waals surface area contributed by atoms with Gasteiger partial charge >= 0.3 is 0 Å². The number of hydrogen-bond donors (Lipinski definition) is 0. The van der Waals surface area contributed by atoms with E-state index in [0.717, 1.165) is 66.5 Å². The van der Waals surface area contributed by atoms with Crippen LogP contribution >= 0.6 is 0 Å². The predicted molar refractivity (Wildman–Crippen MR) is 203 cm³/mol. The zero-order chi connectivity index (χ0) is 33.8. The van der Waals surface area contributed by atoms with Gasteiger partial charge in [-0.25, -0.2) is 9.69 Å². The summed E-state index contributed by atoms with van der Waals surface area (Å²) in [7, 11) is 0. The molecular weight excluding hydrogens is 611 g/mol. The largest absolute Gasteiger partial charge is 0.310 e. The van der Waals surface area contributed by atoms with Crippen LogP contribution in [0.1, 0.15) is 5.56 Å². The Hall–Kier alpha value is -7.39. The number of nitriles is 1. The number of rotatable bonds is 4. The molecule has 2 aromatic heterocycles. The van der Waals surface area contributed by atoms with Gasteiger partial charge in [0.1, 0.15) is 0 Å². The molecule has 0 atom stereocenters. The molecule has 9 rings (SSSR count). The highest BCUT2D eigenvalue weighted by atomic mass is 15.0. The van der Waals surface area contributed by atoms with Crippen molar-refractivity contribution < 1.29 is 0 Å². The van der Waals surface area contributed by atoms with Crippen LogP contribution in [0.3, 0.4) is 0 Å². The van der Waals surface area contributed by atoms with Gasteiger partial charge in [0.25, 0.3) is 0 Å². The Morgan fingerprint density at radius 2 is 0.940 bits per heavy atom. The first kappa shape index (κ1) is 28.8. The zero-order valence-electron chi connectivity index (χ0n) is 26.7. The molecule has 50 heavy (non-hydrogen) atoms. The smallest absolute Gasteiger partial charge is 0.189 e. The molecule has 0 spiro atoms. The van der Waals surface area contributed by atoms with Crippen molar-refractivity contribution in [3.05, 3.63) is 180 Å². The van der Waals surface area contributed by atoms with Crippen molar-refractivity contribution in [2.45, 2.75) is 0 Å². The van der Waals surface area contributed by atoms with Gasteiger partial charge in [0.05, 0.1) is 46.8 Å². The zero-order valence-corrected chi connectivity index (χ0v) is 26.7. The fourth-order valence-electron chi connectivity index (χ4n) is 7.44. The van der Waals surface area contributed by atoms with Gasteiger partial charge in [0.15, 0.2) is 11.4 Å². The average Bonchev–Trinajstić information content (AvgIpc) is 3.70. The van der Waals surface area contributed by atoms with Crippen LogP contribution in [0.5, 0.6) is 0 Å². The summed E-state index contributed by atoms with van der Waals surface area (Å²) in [5, 5.41) is 15.0. The molecule has 7 aromatic carbocycles. The van der Waals surface area contributed by atoms with E-state index in [2.05, 4.69) is 97.7 Å². The Kier molecular flexibility index (Phi) is 6.56. The standard InChI is InChI=1S/C45H25N5/c1-47-30-20-24-44-40(26-30)38-15-7-10-18-43(38)50(44)45-27-31(48-2)19-22-39(45)35-12-4-3-11-34(35)33-23-21-32(25-29(33)28-46)49-41-16-8-5-13-36(41)37-14-6-9-17-42(37)49/h3-27H. The second-order valence-corrected chi connectivity index (χ2v) is 12.2. The molecule has 230 valence electrons. The van der Waals surface area contributed by atoms with Crippen LogP contribution in [0, 0.1) is 24.5 Å². The molecule has 0 aliphatic rings. The third-order valence-electron chi connectivity index (χ3n) is 9.61. The molecule has 9 aromatic rings. The van der Waals surface area contributed by atoms with Crippen molar-refractivity contribution in [2.75, 3.05) is 0 Å². The van der Waals surface area contributed by atoms with Gasteiger partial charge in [-0.1, -0.05) is 103 Å². The quantitative estimate of drug-likeness (QED) is 0.177. The van der Waals surface area contributed by atoms with Crippen LogP contribution in [-0.2, 0) is 0 Å². The molecule has 0 saturated heterocycles. The van der Waals surface area contributed by atoms with Crippen LogP contribution in [0.4, 0.5) is 11.4 Å². The lowest BCUT2D eigenvalue weighted by Gasteiger charge is -2.18. The van der Waals surface area contributed by atoms with E-state index in [0.29, 0.717) is 16.9 Å². The second kappa shape index (κ2) is 11.4. The Labute approximate surface area is 288 Å². The number of benzene rings is 7. The summed E-state index contributed by atoms with van der Waals surface area (Å²) in [6.07, 6.45) is 0. The normalized spacial score (nSPS) is 11.1. The lowest BCUT2D eigenvalue weighted by molar-refractivity contribution is 1.18. The molecule has 2 heterocycles. The van der Waals surface area contributed by atoms with Gasteiger partial charge in [-0.15, -0.1) is 0 Å². The molecule has 0 unspecified atom stereocenters. The Bertz CT molecular complexity index is 2920. The Balaban J connectivity index is 1.27. The molecule has 0 saturated carbocycles. The maximum Gasteiger partial charge on any atom is 0.189 e. The number of para-hydroxylation sites is 3. The Morgan fingerprint density at radius 3 is 1.58 bits per heavy atom.